The zero-order valence-corrected chi connectivity index (χ0v) is 5.66. The number of alkyl halides is 6. The smallest absolute Gasteiger partial charge is 0.196 e. The van der Waals surface area contributed by atoms with Crippen LogP contribution >= 0.6 is 0 Å². The lowest BCUT2D eigenvalue weighted by Crippen LogP contribution is -2.47. The number of halogens is 6. The van der Waals surface area contributed by atoms with Gasteiger partial charge in [-0.3, -0.25) is 0 Å². The predicted octanol–water partition coefficient (Wildman–Crippen LogP) is 2.14. The van der Waals surface area contributed by atoms with E-state index in [4.69, 9.17) is 10.5 Å². The van der Waals surface area contributed by atoms with Crippen LogP contribution in [0.2, 0.25) is 0 Å². The fraction of sp³-hybridized carbons (Fsp3) is 0.600. The van der Waals surface area contributed by atoms with E-state index in [0.29, 0.717) is 0 Å². The van der Waals surface area contributed by atoms with E-state index in [1.165, 1.54) is 0 Å². The molecule has 0 atom stereocenters. The van der Waals surface area contributed by atoms with Crippen molar-refractivity contribution in [1.29, 1.82) is 10.5 Å². The number of nitriles is 2. The quantitative estimate of drug-likeness (QED) is 0.565. The molecule has 0 spiro atoms. The summed E-state index contributed by atoms with van der Waals surface area (Å²) in [5.74, 6) is 0. The third-order valence-electron chi connectivity index (χ3n) is 1.19. The Morgan fingerprint density at radius 1 is 0.692 bits per heavy atom. The number of hydrogen-bond acceptors (Lipinski definition) is 2. The summed E-state index contributed by atoms with van der Waals surface area (Å²) in [7, 11) is 0. The monoisotopic (exact) mass is 202 g/mol. The van der Waals surface area contributed by atoms with E-state index in [0.717, 1.165) is 0 Å². The second-order valence-corrected chi connectivity index (χ2v) is 1.97. The molecule has 0 aliphatic carbocycles. The molecule has 0 aromatic rings. The molecule has 0 saturated heterocycles. The zero-order chi connectivity index (χ0) is 10.9. The Labute approximate surface area is 68.0 Å². The second kappa shape index (κ2) is 2.80. The third kappa shape index (κ3) is 1.52. The first-order chi connectivity index (χ1) is 5.62. The lowest BCUT2D eigenvalue weighted by molar-refractivity contribution is -0.295. The number of rotatable bonds is 0. The molecule has 0 aromatic heterocycles. The zero-order valence-electron chi connectivity index (χ0n) is 5.66. The Hall–Kier alpha value is -1.44. The van der Waals surface area contributed by atoms with Crippen LogP contribution in [-0.4, -0.2) is 12.4 Å². The van der Waals surface area contributed by atoms with E-state index in [-0.39, 0.29) is 12.1 Å². The molecule has 0 amide bonds. The van der Waals surface area contributed by atoms with Crippen LogP contribution < -0.4 is 0 Å². The van der Waals surface area contributed by atoms with Gasteiger partial charge >= 0.3 is 17.8 Å². The van der Waals surface area contributed by atoms with Crippen LogP contribution in [0.25, 0.3) is 0 Å². The molecule has 0 aliphatic rings. The van der Waals surface area contributed by atoms with Crippen LogP contribution in [0, 0.1) is 28.1 Å². The molecular formula is C5F6N2. The van der Waals surface area contributed by atoms with E-state index < -0.39 is 17.8 Å². The highest BCUT2D eigenvalue weighted by Gasteiger charge is 2.73. The normalized spacial score (nSPS) is 13.2. The summed E-state index contributed by atoms with van der Waals surface area (Å²) in [6.07, 6.45) is -11.9. The van der Waals surface area contributed by atoms with Gasteiger partial charge in [0.15, 0.2) is 0 Å². The van der Waals surface area contributed by atoms with Crippen molar-refractivity contribution in [2.45, 2.75) is 12.4 Å². The van der Waals surface area contributed by atoms with Crippen molar-refractivity contribution in [1.82, 2.24) is 0 Å². The molecule has 0 heterocycles. The molecular weight excluding hydrogens is 202 g/mol. The van der Waals surface area contributed by atoms with Crippen LogP contribution in [0.15, 0.2) is 0 Å². The molecule has 8 heteroatoms. The van der Waals surface area contributed by atoms with E-state index in [1.807, 2.05) is 0 Å². The predicted molar refractivity (Wildman–Crippen MR) is 25.8 cm³/mol. The summed E-state index contributed by atoms with van der Waals surface area (Å²) in [5.41, 5.74) is -4.93. The standard InChI is InChI=1S/C5F6N2/c6-4(7,8)3(1-12,2-13)5(9,10)11. The van der Waals surface area contributed by atoms with Crippen LogP contribution in [-0.2, 0) is 0 Å². The Morgan fingerprint density at radius 2 is 0.923 bits per heavy atom. The molecule has 0 bridgehead atoms. The molecule has 0 aromatic carbocycles. The minimum absolute atomic E-state index is 0.0660. The Morgan fingerprint density at radius 3 is 0.923 bits per heavy atom. The Balaban J connectivity index is 5.53. The highest BCUT2D eigenvalue weighted by molar-refractivity contribution is 5.21. The minimum atomic E-state index is -5.95. The Bertz CT molecular complexity index is 243. The average molecular weight is 202 g/mol. The molecule has 0 unspecified atom stereocenters. The van der Waals surface area contributed by atoms with Gasteiger partial charge in [-0.05, 0) is 0 Å². The van der Waals surface area contributed by atoms with Crippen LogP contribution in [0.4, 0.5) is 26.3 Å². The fourth-order valence-corrected chi connectivity index (χ4v) is 0.439. The summed E-state index contributed by atoms with van der Waals surface area (Å²) < 4.78 is 70.2. The van der Waals surface area contributed by atoms with Crippen LogP contribution in [0.5, 0.6) is 0 Å². The summed E-state index contributed by atoms with van der Waals surface area (Å²) >= 11 is 0. The van der Waals surface area contributed by atoms with Gasteiger partial charge in [0, 0.05) is 0 Å². The van der Waals surface area contributed by atoms with E-state index >= 15 is 0 Å². The number of nitrogens with zero attached hydrogens (tertiary/aromatic N) is 2. The first-order valence-corrected chi connectivity index (χ1v) is 2.58. The third-order valence-corrected chi connectivity index (χ3v) is 1.19. The van der Waals surface area contributed by atoms with Gasteiger partial charge in [0.2, 0.25) is 0 Å². The minimum Gasteiger partial charge on any atom is -0.196 e. The lowest BCUT2D eigenvalue weighted by Gasteiger charge is -2.23. The largest absolute Gasteiger partial charge is 0.429 e. The van der Waals surface area contributed by atoms with E-state index in [9.17, 15) is 26.3 Å². The highest BCUT2D eigenvalue weighted by Crippen LogP contribution is 2.49. The molecule has 2 nitrogen and oxygen atoms in total. The lowest BCUT2D eigenvalue weighted by atomic mass is 9.90. The topological polar surface area (TPSA) is 47.6 Å². The van der Waals surface area contributed by atoms with Gasteiger partial charge in [0.25, 0.3) is 0 Å². The molecule has 72 valence electrons. The van der Waals surface area contributed by atoms with Crippen molar-refractivity contribution in [3.63, 3.8) is 0 Å². The maximum atomic E-state index is 11.7. The molecule has 0 rings (SSSR count). The SMILES string of the molecule is N#CC(C#N)(C(F)(F)F)C(F)(F)F. The van der Waals surface area contributed by atoms with Gasteiger partial charge < -0.3 is 0 Å². The van der Waals surface area contributed by atoms with Crippen LogP contribution in [0.1, 0.15) is 0 Å². The van der Waals surface area contributed by atoms with Crippen LogP contribution in [0.3, 0.4) is 0 Å². The summed E-state index contributed by atoms with van der Waals surface area (Å²) in [6.45, 7) is 0. The van der Waals surface area contributed by atoms with Crippen molar-refractivity contribution in [2.24, 2.45) is 5.41 Å². The van der Waals surface area contributed by atoms with E-state index in [2.05, 4.69) is 0 Å². The van der Waals surface area contributed by atoms with Crippen molar-refractivity contribution in [3.05, 3.63) is 0 Å². The van der Waals surface area contributed by atoms with Gasteiger partial charge in [-0.25, -0.2) is 0 Å². The van der Waals surface area contributed by atoms with Crippen molar-refractivity contribution < 1.29 is 26.3 Å². The summed E-state index contributed by atoms with van der Waals surface area (Å²) in [6, 6.07) is -0.132. The highest BCUT2D eigenvalue weighted by atomic mass is 19.4. The maximum Gasteiger partial charge on any atom is 0.429 e. The van der Waals surface area contributed by atoms with E-state index in [1.54, 1.807) is 0 Å². The molecule has 0 N–H and O–H groups in total. The molecule has 0 radical (unpaired) electrons. The van der Waals surface area contributed by atoms with Crippen molar-refractivity contribution >= 4 is 0 Å². The molecule has 0 fully saturated rings. The van der Waals surface area contributed by atoms with Gasteiger partial charge in [-0.2, -0.15) is 36.9 Å². The molecule has 0 aliphatic heterocycles. The first kappa shape index (κ1) is 11.6. The maximum absolute atomic E-state index is 11.7. The summed E-state index contributed by atoms with van der Waals surface area (Å²) in [5, 5.41) is 15.5. The molecule has 13 heavy (non-hydrogen) atoms. The van der Waals surface area contributed by atoms with Gasteiger partial charge in [-0.1, -0.05) is 0 Å². The van der Waals surface area contributed by atoms with Gasteiger partial charge in [0.05, 0.1) is 0 Å². The second-order valence-electron chi connectivity index (χ2n) is 1.97. The number of hydrogen-bond donors (Lipinski definition) is 0. The average Bonchev–Trinajstić information content (AvgIpc) is 1.84. The van der Waals surface area contributed by atoms with Gasteiger partial charge in [0.1, 0.15) is 12.1 Å². The Kier molecular flexibility index (Phi) is 2.49. The van der Waals surface area contributed by atoms with Crippen molar-refractivity contribution in [3.8, 4) is 12.1 Å². The van der Waals surface area contributed by atoms with Gasteiger partial charge in [-0.15, -0.1) is 0 Å². The molecule has 0 saturated carbocycles. The fourth-order valence-electron chi connectivity index (χ4n) is 0.439. The first-order valence-electron chi connectivity index (χ1n) is 2.58. The van der Waals surface area contributed by atoms with Crippen molar-refractivity contribution in [2.75, 3.05) is 0 Å². The summed E-state index contributed by atoms with van der Waals surface area (Å²) in [4.78, 5) is 0.